The van der Waals surface area contributed by atoms with Crippen LogP contribution < -0.4 is 4.74 Å². The van der Waals surface area contributed by atoms with Crippen molar-refractivity contribution < 1.29 is 23.4 Å². The summed E-state index contributed by atoms with van der Waals surface area (Å²) in [7, 11) is -0.941. The van der Waals surface area contributed by atoms with Crippen molar-refractivity contribution in [1.82, 2.24) is 4.98 Å². The van der Waals surface area contributed by atoms with E-state index in [1.54, 1.807) is 0 Å². The van der Waals surface area contributed by atoms with E-state index in [4.69, 9.17) is 18.6 Å². The lowest BCUT2D eigenvalue weighted by atomic mass is 9.71. The van der Waals surface area contributed by atoms with Crippen molar-refractivity contribution in [3.63, 3.8) is 0 Å². The standard InChI is InChI=1S/C31H37BrNO5Si/c1-28(2)16-31(28,38-39(7)8)27-23(36-30(5,6)37-27)15-35-18-10-12-19-21(14-18)29(3,4)26-24(25(19)34)20-11-9-17(32)13-22(20)33-26/h9-14,23,27,33H,15-16H2,1-8H3/t23?,27-,31+/m1/s1. The predicted molar refractivity (Wildman–Crippen MR) is 157 cm³/mol. The first-order chi connectivity index (χ1) is 18.2. The normalized spacial score (nSPS) is 28.0. The van der Waals surface area contributed by atoms with Gasteiger partial charge in [0.15, 0.2) is 11.6 Å². The summed E-state index contributed by atoms with van der Waals surface area (Å²) < 4.78 is 26.8. The molecule has 6 rings (SSSR count). The maximum Gasteiger partial charge on any atom is 0.205 e. The lowest BCUT2D eigenvalue weighted by molar-refractivity contribution is -0.159. The molecule has 8 heteroatoms. The van der Waals surface area contributed by atoms with Crippen LogP contribution in [0.3, 0.4) is 0 Å². The molecular weight excluding hydrogens is 574 g/mol. The van der Waals surface area contributed by atoms with Crippen LogP contribution in [-0.2, 0) is 19.3 Å². The molecule has 2 heterocycles. The van der Waals surface area contributed by atoms with Crippen LogP contribution in [0.1, 0.15) is 75.1 Å². The third-order valence-corrected chi connectivity index (χ3v) is 9.96. The maximum absolute atomic E-state index is 13.7. The number of ether oxygens (including phenoxy) is 3. The average molecular weight is 612 g/mol. The van der Waals surface area contributed by atoms with Crippen LogP contribution in [0.5, 0.6) is 5.75 Å². The van der Waals surface area contributed by atoms with E-state index in [0.717, 1.165) is 44.2 Å². The van der Waals surface area contributed by atoms with Gasteiger partial charge in [0.25, 0.3) is 0 Å². The molecule has 3 aliphatic rings. The largest absolute Gasteiger partial charge is 0.491 e. The predicted octanol–water partition coefficient (Wildman–Crippen LogP) is 7.14. The van der Waals surface area contributed by atoms with Gasteiger partial charge in [0.2, 0.25) is 9.04 Å². The average Bonchev–Trinajstić information content (AvgIpc) is 3.11. The lowest BCUT2D eigenvalue weighted by Crippen LogP contribution is -2.46. The van der Waals surface area contributed by atoms with Gasteiger partial charge >= 0.3 is 0 Å². The number of hydrogen-bond acceptors (Lipinski definition) is 5. The van der Waals surface area contributed by atoms with E-state index >= 15 is 0 Å². The van der Waals surface area contributed by atoms with Crippen LogP contribution >= 0.6 is 15.9 Å². The molecule has 3 aromatic rings. The number of carbonyl (C=O) groups is 1. The fraction of sp³-hybridized carbons (Fsp3) is 0.516. The highest BCUT2D eigenvalue weighted by molar-refractivity contribution is 9.10. The van der Waals surface area contributed by atoms with Gasteiger partial charge in [-0.1, -0.05) is 49.7 Å². The Balaban J connectivity index is 1.29. The van der Waals surface area contributed by atoms with E-state index < -0.39 is 20.2 Å². The molecule has 1 aromatic heterocycles. The summed E-state index contributed by atoms with van der Waals surface area (Å²) in [4.78, 5) is 17.2. The van der Waals surface area contributed by atoms with Crippen LogP contribution in [-0.4, -0.2) is 50.0 Å². The molecule has 1 saturated heterocycles. The Kier molecular flexibility index (Phi) is 6.11. The topological polar surface area (TPSA) is 69.8 Å². The Hall–Kier alpha value is -1.97. The third-order valence-electron chi connectivity index (χ3n) is 8.69. The van der Waals surface area contributed by atoms with Crippen molar-refractivity contribution in [2.45, 2.75) is 90.1 Å². The molecule has 1 radical (unpaired) electrons. The second-order valence-electron chi connectivity index (χ2n) is 13.1. The van der Waals surface area contributed by atoms with Gasteiger partial charge in [-0.15, -0.1) is 0 Å². The second-order valence-corrected chi connectivity index (χ2v) is 16.0. The molecule has 1 aliphatic heterocycles. The minimum atomic E-state index is -0.941. The van der Waals surface area contributed by atoms with Gasteiger partial charge in [0.1, 0.15) is 24.6 Å². The molecule has 0 bridgehead atoms. The lowest BCUT2D eigenvalue weighted by Gasteiger charge is -2.33. The Bertz CT molecular complexity index is 1490. The number of aromatic amines is 1. The van der Waals surface area contributed by atoms with Crippen LogP contribution in [0.2, 0.25) is 13.1 Å². The van der Waals surface area contributed by atoms with Crippen molar-refractivity contribution in [1.29, 1.82) is 0 Å². The fourth-order valence-corrected chi connectivity index (χ4v) is 8.25. The number of nitrogens with one attached hydrogen (secondary N) is 1. The molecule has 1 N–H and O–H groups in total. The highest BCUT2D eigenvalue weighted by atomic mass is 79.9. The minimum absolute atomic E-state index is 0.0186. The van der Waals surface area contributed by atoms with Gasteiger partial charge in [-0.2, -0.15) is 0 Å². The number of halogens is 1. The zero-order valence-electron chi connectivity index (χ0n) is 24.0. The monoisotopic (exact) mass is 610 g/mol. The van der Waals surface area contributed by atoms with Gasteiger partial charge in [0.05, 0.1) is 11.2 Å². The van der Waals surface area contributed by atoms with Gasteiger partial charge < -0.3 is 23.6 Å². The van der Waals surface area contributed by atoms with Gasteiger partial charge in [-0.05, 0) is 74.7 Å². The summed E-state index contributed by atoms with van der Waals surface area (Å²) in [6, 6.07) is 11.8. The smallest absolute Gasteiger partial charge is 0.205 e. The van der Waals surface area contributed by atoms with Crippen LogP contribution in [0.4, 0.5) is 0 Å². The molecule has 2 aromatic carbocycles. The van der Waals surface area contributed by atoms with Crippen molar-refractivity contribution in [3.8, 4) is 5.75 Å². The summed E-state index contributed by atoms with van der Waals surface area (Å²) in [5.74, 6) is 0.0400. The molecule has 1 unspecified atom stereocenters. The molecule has 2 fully saturated rings. The zero-order valence-corrected chi connectivity index (χ0v) is 26.5. The van der Waals surface area contributed by atoms with E-state index in [1.165, 1.54) is 0 Å². The van der Waals surface area contributed by atoms with Crippen molar-refractivity contribution in [3.05, 3.63) is 63.3 Å². The van der Waals surface area contributed by atoms with Crippen molar-refractivity contribution in [2.24, 2.45) is 5.41 Å². The summed E-state index contributed by atoms with van der Waals surface area (Å²) in [6.07, 6.45) is 0.452. The Labute approximate surface area is 240 Å². The minimum Gasteiger partial charge on any atom is -0.491 e. The molecule has 39 heavy (non-hydrogen) atoms. The highest BCUT2D eigenvalue weighted by Gasteiger charge is 2.71. The third kappa shape index (κ3) is 4.25. The van der Waals surface area contributed by atoms with E-state index in [2.05, 4.69) is 61.7 Å². The number of carbonyl (C=O) groups excluding carboxylic acids is 1. The maximum atomic E-state index is 13.7. The molecule has 0 spiro atoms. The number of benzene rings is 2. The number of aromatic nitrogens is 1. The molecule has 1 saturated carbocycles. The first-order valence-electron chi connectivity index (χ1n) is 13.6. The number of H-pyrrole nitrogens is 1. The zero-order chi connectivity index (χ0) is 28.1. The van der Waals surface area contributed by atoms with Crippen LogP contribution in [0.15, 0.2) is 40.9 Å². The summed E-state index contributed by atoms with van der Waals surface area (Å²) in [6.45, 7) is 17.4. The summed E-state index contributed by atoms with van der Waals surface area (Å²) >= 11 is 3.55. The summed E-state index contributed by atoms with van der Waals surface area (Å²) in [5, 5.41) is 0.951. The van der Waals surface area contributed by atoms with E-state index in [0.29, 0.717) is 12.4 Å². The van der Waals surface area contributed by atoms with E-state index in [9.17, 15) is 4.79 Å². The van der Waals surface area contributed by atoms with Crippen LogP contribution in [0, 0.1) is 5.41 Å². The number of hydrogen-bond donors (Lipinski definition) is 1. The Morgan fingerprint density at radius 2 is 1.77 bits per heavy atom. The first-order valence-corrected chi connectivity index (χ1v) is 16.8. The molecule has 3 atom stereocenters. The Morgan fingerprint density at radius 1 is 1.05 bits per heavy atom. The number of ketones is 1. The SMILES string of the molecule is C[Si](C)O[C@]1([C@@H]2OC(C)(C)OC2COc2ccc3c(c2)C(C)(C)c2[nH]c4cc(Br)ccc4c2C3=O)CC1(C)C. The fourth-order valence-electron chi connectivity index (χ4n) is 6.70. The van der Waals surface area contributed by atoms with Gasteiger partial charge in [-0.25, -0.2) is 0 Å². The summed E-state index contributed by atoms with van der Waals surface area (Å²) in [5.41, 5.74) is 3.57. The van der Waals surface area contributed by atoms with E-state index in [1.807, 2.05) is 50.2 Å². The quantitative estimate of drug-likeness (QED) is 0.300. The van der Waals surface area contributed by atoms with Gasteiger partial charge in [-0.3, -0.25) is 4.79 Å². The van der Waals surface area contributed by atoms with Crippen molar-refractivity contribution >= 4 is 41.7 Å². The molecule has 207 valence electrons. The molecule has 6 nitrogen and oxygen atoms in total. The van der Waals surface area contributed by atoms with Crippen LogP contribution in [0.25, 0.3) is 10.9 Å². The Morgan fingerprint density at radius 3 is 2.44 bits per heavy atom. The number of rotatable bonds is 6. The second kappa shape index (κ2) is 8.76. The van der Waals surface area contributed by atoms with Crippen molar-refractivity contribution in [2.75, 3.05) is 6.61 Å². The molecule has 0 amide bonds. The van der Waals surface area contributed by atoms with E-state index in [-0.39, 0.29) is 29.0 Å². The number of fused-ring (bicyclic) bond motifs is 4. The molecular formula is C31H37BrNO5Si. The molecule has 2 aliphatic carbocycles. The first kappa shape index (κ1) is 27.2. The van der Waals surface area contributed by atoms with Gasteiger partial charge in [0, 0.05) is 32.0 Å². The highest BCUT2D eigenvalue weighted by Crippen LogP contribution is 2.63.